The van der Waals surface area contributed by atoms with E-state index in [2.05, 4.69) is 0 Å². The molecule has 5 nitrogen and oxygen atoms in total. The monoisotopic (exact) mass is 252 g/mol. The van der Waals surface area contributed by atoms with Gasteiger partial charge in [-0.25, -0.2) is 0 Å². The van der Waals surface area contributed by atoms with E-state index < -0.39 is 12.0 Å². The fourth-order valence-electron chi connectivity index (χ4n) is 1.62. The van der Waals surface area contributed by atoms with E-state index in [-0.39, 0.29) is 6.04 Å². The summed E-state index contributed by atoms with van der Waals surface area (Å²) in [5.74, 6) is 0.694. The van der Waals surface area contributed by atoms with Gasteiger partial charge < -0.3 is 20.9 Å². The lowest BCUT2D eigenvalue weighted by atomic mass is 10.1. The largest absolute Gasteiger partial charge is 0.497 e. The number of ether oxygens (including phenoxy) is 2. The van der Waals surface area contributed by atoms with Gasteiger partial charge in [0.15, 0.2) is 6.10 Å². The third kappa shape index (κ3) is 3.37. The number of hydrogen-bond donors (Lipinski definition) is 2. The molecule has 0 aromatic heterocycles. The van der Waals surface area contributed by atoms with Gasteiger partial charge >= 0.3 is 0 Å². The van der Waals surface area contributed by atoms with E-state index in [9.17, 15) is 4.79 Å². The molecule has 1 rings (SSSR count). The number of benzene rings is 1. The maximum atomic E-state index is 11.2. The van der Waals surface area contributed by atoms with Gasteiger partial charge in [0.1, 0.15) is 11.5 Å². The molecule has 2 atom stereocenters. The third-order valence-electron chi connectivity index (χ3n) is 2.67. The van der Waals surface area contributed by atoms with Crippen molar-refractivity contribution in [3.05, 3.63) is 23.8 Å². The highest BCUT2D eigenvalue weighted by Gasteiger charge is 2.18. The number of carbonyl (C=O) groups excluding carboxylic acids is 1. The maximum Gasteiger partial charge on any atom is 0.258 e. The SMILES string of the molecule is CCC(Oc1cc(OC)ccc1[C@@H](C)N)C(N)=O. The molecule has 0 aliphatic carbocycles. The summed E-state index contributed by atoms with van der Waals surface area (Å²) in [6.45, 7) is 3.68. The molecule has 1 amide bonds. The summed E-state index contributed by atoms with van der Waals surface area (Å²) in [6, 6.07) is 5.14. The molecule has 0 aliphatic heterocycles. The summed E-state index contributed by atoms with van der Waals surface area (Å²) in [7, 11) is 1.57. The summed E-state index contributed by atoms with van der Waals surface area (Å²) in [6.07, 6.45) is -0.153. The van der Waals surface area contributed by atoms with Crippen LogP contribution < -0.4 is 20.9 Å². The Balaban J connectivity index is 3.07. The lowest BCUT2D eigenvalue weighted by Crippen LogP contribution is -2.33. The lowest BCUT2D eigenvalue weighted by Gasteiger charge is -2.19. The summed E-state index contributed by atoms with van der Waals surface area (Å²) in [5.41, 5.74) is 11.9. The van der Waals surface area contributed by atoms with Crippen LogP contribution in [0.5, 0.6) is 11.5 Å². The molecule has 0 saturated heterocycles. The minimum Gasteiger partial charge on any atom is -0.497 e. The first-order valence-corrected chi connectivity index (χ1v) is 5.89. The Labute approximate surface area is 107 Å². The van der Waals surface area contributed by atoms with Crippen LogP contribution in [0.15, 0.2) is 18.2 Å². The van der Waals surface area contributed by atoms with E-state index in [4.69, 9.17) is 20.9 Å². The van der Waals surface area contributed by atoms with Crippen molar-refractivity contribution in [1.29, 1.82) is 0 Å². The molecule has 0 heterocycles. The van der Waals surface area contributed by atoms with Gasteiger partial charge in [0.05, 0.1) is 7.11 Å². The molecule has 18 heavy (non-hydrogen) atoms. The highest BCUT2D eigenvalue weighted by molar-refractivity contribution is 5.79. The summed E-state index contributed by atoms with van der Waals surface area (Å²) < 4.78 is 10.8. The van der Waals surface area contributed by atoms with Crippen LogP contribution in [0.2, 0.25) is 0 Å². The molecule has 5 heteroatoms. The van der Waals surface area contributed by atoms with E-state index in [1.54, 1.807) is 19.2 Å². The molecule has 1 aromatic rings. The second kappa shape index (κ2) is 6.26. The smallest absolute Gasteiger partial charge is 0.258 e. The molecule has 0 saturated carbocycles. The number of primary amides is 1. The van der Waals surface area contributed by atoms with Gasteiger partial charge in [-0.3, -0.25) is 4.79 Å². The highest BCUT2D eigenvalue weighted by atomic mass is 16.5. The zero-order chi connectivity index (χ0) is 13.7. The second-order valence-corrected chi connectivity index (χ2v) is 4.11. The average molecular weight is 252 g/mol. The maximum absolute atomic E-state index is 11.2. The molecule has 0 bridgehead atoms. The number of rotatable bonds is 6. The van der Waals surface area contributed by atoms with Crippen LogP contribution in [0.3, 0.4) is 0 Å². The van der Waals surface area contributed by atoms with Crippen LogP contribution >= 0.6 is 0 Å². The molecule has 0 radical (unpaired) electrons. The van der Waals surface area contributed by atoms with E-state index in [1.165, 1.54) is 0 Å². The minimum atomic E-state index is -0.658. The van der Waals surface area contributed by atoms with E-state index in [0.29, 0.717) is 17.9 Å². The fraction of sp³-hybridized carbons (Fsp3) is 0.462. The highest BCUT2D eigenvalue weighted by Crippen LogP contribution is 2.29. The lowest BCUT2D eigenvalue weighted by molar-refractivity contribution is -0.124. The van der Waals surface area contributed by atoms with Crippen LogP contribution in [-0.2, 0) is 4.79 Å². The van der Waals surface area contributed by atoms with E-state index >= 15 is 0 Å². The standard InChI is InChI=1S/C13H20N2O3/c1-4-11(13(15)16)18-12-7-9(17-3)5-6-10(12)8(2)14/h5-8,11H,4,14H2,1-3H3,(H2,15,16)/t8-,11?/m1/s1. The van der Waals surface area contributed by atoms with Crippen molar-refractivity contribution in [3.8, 4) is 11.5 Å². The van der Waals surface area contributed by atoms with Gasteiger partial charge in [-0.15, -0.1) is 0 Å². The van der Waals surface area contributed by atoms with Crippen LogP contribution in [0.25, 0.3) is 0 Å². The number of carbonyl (C=O) groups is 1. The van der Waals surface area contributed by atoms with Gasteiger partial charge in [0.2, 0.25) is 0 Å². The first-order chi connectivity index (χ1) is 8.49. The molecule has 1 unspecified atom stereocenters. The quantitative estimate of drug-likeness (QED) is 0.800. The van der Waals surface area contributed by atoms with E-state index in [1.807, 2.05) is 19.9 Å². The van der Waals surface area contributed by atoms with Gasteiger partial charge in [-0.2, -0.15) is 0 Å². The summed E-state index contributed by atoms with van der Waals surface area (Å²) >= 11 is 0. The van der Waals surface area contributed by atoms with Gasteiger partial charge in [0, 0.05) is 17.7 Å². The number of methoxy groups -OCH3 is 1. The zero-order valence-electron chi connectivity index (χ0n) is 11.0. The van der Waals surface area contributed by atoms with Crippen molar-refractivity contribution in [2.75, 3.05) is 7.11 Å². The number of amides is 1. The molecule has 1 aromatic carbocycles. The Morgan fingerprint density at radius 3 is 2.56 bits per heavy atom. The molecule has 100 valence electrons. The molecular formula is C13H20N2O3. The van der Waals surface area contributed by atoms with Crippen LogP contribution in [0.4, 0.5) is 0 Å². The van der Waals surface area contributed by atoms with Crippen molar-refractivity contribution in [1.82, 2.24) is 0 Å². The molecule has 4 N–H and O–H groups in total. The second-order valence-electron chi connectivity index (χ2n) is 4.11. The minimum absolute atomic E-state index is 0.198. The predicted octanol–water partition coefficient (Wildman–Crippen LogP) is 1.36. The molecule has 0 aliphatic rings. The van der Waals surface area contributed by atoms with Gasteiger partial charge in [-0.05, 0) is 19.4 Å². The van der Waals surface area contributed by atoms with Crippen molar-refractivity contribution in [3.63, 3.8) is 0 Å². The molecule has 0 spiro atoms. The van der Waals surface area contributed by atoms with Crippen LogP contribution in [0.1, 0.15) is 31.9 Å². The molecular weight excluding hydrogens is 232 g/mol. The predicted molar refractivity (Wildman–Crippen MR) is 69.5 cm³/mol. The van der Waals surface area contributed by atoms with Crippen molar-refractivity contribution in [2.24, 2.45) is 11.5 Å². The first kappa shape index (κ1) is 14.3. The number of hydrogen-bond acceptors (Lipinski definition) is 4. The van der Waals surface area contributed by atoms with Crippen molar-refractivity contribution < 1.29 is 14.3 Å². The fourth-order valence-corrected chi connectivity index (χ4v) is 1.62. The topological polar surface area (TPSA) is 87.6 Å². The average Bonchev–Trinajstić information content (AvgIpc) is 2.34. The first-order valence-electron chi connectivity index (χ1n) is 5.89. The van der Waals surface area contributed by atoms with Crippen LogP contribution in [-0.4, -0.2) is 19.1 Å². The molecule has 0 fully saturated rings. The number of nitrogens with two attached hydrogens (primary N) is 2. The van der Waals surface area contributed by atoms with Crippen molar-refractivity contribution in [2.45, 2.75) is 32.4 Å². The van der Waals surface area contributed by atoms with Gasteiger partial charge in [0.25, 0.3) is 5.91 Å². The van der Waals surface area contributed by atoms with Gasteiger partial charge in [-0.1, -0.05) is 13.0 Å². The van der Waals surface area contributed by atoms with E-state index in [0.717, 1.165) is 5.56 Å². The Morgan fingerprint density at radius 1 is 1.44 bits per heavy atom. The Bertz CT molecular complexity index is 419. The summed E-state index contributed by atoms with van der Waals surface area (Å²) in [4.78, 5) is 11.2. The Morgan fingerprint density at radius 2 is 2.11 bits per heavy atom. The van der Waals surface area contributed by atoms with Crippen molar-refractivity contribution >= 4 is 5.91 Å². The summed E-state index contributed by atoms with van der Waals surface area (Å²) in [5, 5.41) is 0. The third-order valence-corrected chi connectivity index (χ3v) is 2.67. The Kier molecular flexibility index (Phi) is 4.97. The Hall–Kier alpha value is -1.75. The zero-order valence-corrected chi connectivity index (χ0v) is 11.0. The normalized spacial score (nSPS) is 13.8. The van der Waals surface area contributed by atoms with Crippen LogP contribution in [0, 0.1) is 0 Å².